The van der Waals surface area contributed by atoms with Gasteiger partial charge in [0.2, 0.25) is 5.91 Å². The van der Waals surface area contributed by atoms with E-state index in [4.69, 9.17) is 17.3 Å². The average Bonchev–Trinajstić information content (AvgIpc) is 2.51. The highest BCUT2D eigenvalue weighted by Gasteiger charge is 2.30. The first-order valence-corrected chi connectivity index (χ1v) is 6.22. The molecule has 1 aliphatic heterocycles. The van der Waals surface area contributed by atoms with Crippen LogP contribution in [0.25, 0.3) is 0 Å². The fourth-order valence-corrected chi connectivity index (χ4v) is 2.69. The predicted molar refractivity (Wildman–Crippen MR) is 69.9 cm³/mol. The molecule has 1 aromatic carbocycles. The fourth-order valence-electron chi connectivity index (χ4n) is 1.86. The molecule has 0 bridgehead atoms. The van der Waals surface area contributed by atoms with E-state index in [1.165, 1.54) is 0 Å². The van der Waals surface area contributed by atoms with Crippen molar-refractivity contribution in [3.05, 3.63) is 22.2 Å². The summed E-state index contributed by atoms with van der Waals surface area (Å²) in [6.45, 7) is 2.45. The van der Waals surface area contributed by atoms with Crippen molar-refractivity contribution in [2.45, 2.75) is 18.7 Å². The molecule has 1 fully saturated rings. The normalized spacial score (nSPS) is 20.6. The first kappa shape index (κ1) is 11.7. The van der Waals surface area contributed by atoms with Gasteiger partial charge in [0.1, 0.15) is 0 Å². The number of aryl methyl sites for hydroxylation is 1. The number of nitrogen functional groups attached to an aromatic ring is 1. The Bertz CT molecular complexity index is 450. The minimum atomic E-state index is -0.119. The van der Waals surface area contributed by atoms with Crippen LogP contribution in [0.5, 0.6) is 0 Å². The van der Waals surface area contributed by atoms with Gasteiger partial charge in [-0.25, -0.2) is 0 Å². The zero-order chi connectivity index (χ0) is 11.9. The van der Waals surface area contributed by atoms with Gasteiger partial charge in [0.25, 0.3) is 0 Å². The summed E-state index contributed by atoms with van der Waals surface area (Å²) in [6.07, 6.45) is 0.382. The molecule has 2 N–H and O–H groups in total. The fraction of sp³-hybridized carbons (Fsp3) is 0.364. The van der Waals surface area contributed by atoms with Gasteiger partial charge >= 0.3 is 0 Å². The average molecular weight is 304 g/mol. The maximum absolute atomic E-state index is 11.7. The number of nitrogens with two attached hydrogens (primary N) is 1. The van der Waals surface area contributed by atoms with Crippen LogP contribution in [0.1, 0.15) is 12.0 Å². The van der Waals surface area contributed by atoms with E-state index < -0.39 is 0 Å². The second-order valence-electron chi connectivity index (χ2n) is 3.96. The molecule has 1 saturated heterocycles. The molecule has 0 saturated carbocycles. The van der Waals surface area contributed by atoms with Crippen molar-refractivity contribution >= 4 is 44.8 Å². The van der Waals surface area contributed by atoms with Crippen molar-refractivity contribution in [3.63, 3.8) is 0 Å². The number of carbonyl (C=O) groups is 1. The smallest absolute Gasteiger partial charge is 0.228 e. The number of nitrogens with zero attached hydrogens (tertiary/aromatic N) is 1. The van der Waals surface area contributed by atoms with Gasteiger partial charge in [-0.2, -0.15) is 0 Å². The molecule has 1 unspecified atom stereocenters. The Morgan fingerprint density at radius 3 is 2.81 bits per heavy atom. The number of alkyl halides is 1. The highest BCUT2D eigenvalue weighted by molar-refractivity contribution is 9.10. The third-order valence-electron chi connectivity index (χ3n) is 2.70. The SMILES string of the molecule is Cc1cc(Br)cc(N2CC(Cl)CC2=O)c1N. The highest BCUT2D eigenvalue weighted by Crippen LogP contribution is 2.34. The maximum atomic E-state index is 11.7. The van der Waals surface area contributed by atoms with E-state index in [-0.39, 0.29) is 11.3 Å². The molecular weight excluding hydrogens is 291 g/mol. The van der Waals surface area contributed by atoms with E-state index in [1.54, 1.807) is 4.90 Å². The van der Waals surface area contributed by atoms with E-state index in [0.29, 0.717) is 18.7 Å². The van der Waals surface area contributed by atoms with Gasteiger partial charge in [-0.1, -0.05) is 15.9 Å². The van der Waals surface area contributed by atoms with Crippen LogP contribution < -0.4 is 10.6 Å². The third kappa shape index (κ3) is 2.04. The lowest BCUT2D eigenvalue weighted by Crippen LogP contribution is -2.25. The van der Waals surface area contributed by atoms with E-state index in [2.05, 4.69) is 15.9 Å². The molecule has 5 heteroatoms. The summed E-state index contributed by atoms with van der Waals surface area (Å²) in [4.78, 5) is 13.4. The Hall–Kier alpha value is -0.740. The summed E-state index contributed by atoms with van der Waals surface area (Å²) < 4.78 is 0.917. The molecule has 0 spiro atoms. The lowest BCUT2D eigenvalue weighted by atomic mass is 10.1. The van der Waals surface area contributed by atoms with Gasteiger partial charge in [-0.3, -0.25) is 4.79 Å². The minimum Gasteiger partial charge on any atom is -0.397 e. The number of halogens is 2. The van der Waals surface area contributed by atoms with Gasteiger partial charge < -0.3 is 10.6 Å². The van der Waals surface area contributed by atoms with Crippen LogP contribution in [-0.4, -0.2) is 17.8 Å². The molecule has 86 valence electrons. The molecule has 16 heavy (non-hydrogen) atoms. The van der Waals surface area contributed by atoms with Crippen molar-refractivity contribution in [1.82, 2.24) is 0 Å². The quantitative estimate of drug-likeness (QED) is 0.640. The Morgan fingerprint density at radius 2 is 2.25 bits per heavy atom. The van der Waals surface area contributed by atoms with E-state index >= 15 is 0 Å². The third-order valence-corrected chi connectivity index (χ3v) is 3.45. The summed E-state index contributed by atoms with van der Waals surface area (Å²) in [5, 5.41) is -0.119. The van der Waals surface area contributed by atoms with Gasteiger partial charge in [-0.05, 0) is 24.6 Å². The Labute approximate surface area is 108 Å². The van der Waals surface area contributed by atoms with Crippen LogP contribution in [0.2, 0.25) is 0 Å². The number of hydrogen-bond donors (Lipinski definition) is 1. The molecule has 2 rings (SSSR count). The molecular formula is C11H12BrClN2O. The van der Waals surface area contributed by atoms with Crippen LogP contribution in [0, 0.1) is 6.92 Å². The molecule has 1 aliphatic rings. The molecule has 0 aromatic heterocycles. The van der Waals surface area contributed by atoms with Crippen LogP contribution >= 0.6 is 27.5 Å². The van der Waals surface area contributed by atoms with Crippen LogP contribution in [-0.2, 0) is 4.79 Å². The Kier molecular flexibility index (Phi) is 3.13. The molecule has 0 aliphatic carbocycles. The summed E-state index contributed by atoms with van der Waals surface area (Å²) >= 11 is 9.37. The molecule has 1 atom stereocenters. The van der Waals surface area contributed by atoms with E-state index in [0.717, 1.165) is 15.7 Å². The molecule has 0 radical (unpaired) electrons. The number of anilines is 2. The standard InChI is InChI=1S/C11H12BrClN2O/c1-6-2-7(12)3-9(11(6)14)15-5-8(13)4-10(15)16/h2-3,8H,4-5,14H2,1H3. The lowest BCUT2D eigenvalue weighted by Gasteiger charge is -2.19. The second-order valence-corrected chi connectivity index (χ2v) is 5.49. The zero-order valence-corrected chi connectivity index (χ0v) is 11.2. The van der Waals surface area contributed by atoms with Gasteiger partial charge in [0, 0.05) is 17.4 Å². The number of benzene rings is 1. The molecule has 1 amide bonds. The number of carbonyl (C=O) groups excluding carboxylic acids is 1. The van der Waals surface area contributed by atoms with Crippen LogP contribution in [0.3, 0.4) is 0 Å². The van der Waals surface area contributed by atoms with Crippen LogP contribution in [0.15, 0.2) is 16.6 Å². The van der Waals surface area contributed by atoms with Crippen molar-refractivity contribution < 1.29 is 4.79 Å². The van der Waals surface area contributed by atoms with Crippen molar-refractivity contribution in [3.8, 4) is 0 Å². The number of amides is 1. The second kappa shape index (κ2) is 4.26. The van der Waals surface area contributed by atoms with Gasteiger partial charge in [-0.15, -0.1) is 11.6 Å². The monoisotopic (exact) mass is 302 g/mol. The van der Waals surface area contributed by atoms with Crippen molar-refractivity contribution in [2.24, 2.45) is 0 Å². The first-order chi connectivity index (χ1) is 7.49. The topological polar surface area (TPSA) is 46.3 Å². The zero-order valence-electron chi connectivity index (χ0n) is 8.84. The molecule has 3 nitrogen and oxygen atoms in total. The number of hydrogen-bond acceptors (Lipinski definition) is 2. The number of rotatable bonds is 1. The maximum Gasteiger partial charge on any atom is 0.228 e. The largest absolute Gasteiger partial charge is 0.397 e. The summed E-state index contributed by atoms with van der Waals surface area (Å²) in [5.74, 6) is 0.0317. The Morgan fingerprint density at radius 1 is 1.56 bits per heavy atom. The van der Waals surface area contributed by atoms with Gasteiger partial charge in [0.15, 0.2) is 0 Å². The van der Waals surface area contributed by atoms with Crippen molar-refractivity contribution in [2.75, 3.05) is 17.2 Å². The van der Waals surface area contributed by atoms with Gasteiger partial charge in [0.05, 0.1) is 16.8 Å². The molecule has 1 heterocycles. The first-order valence-electron chi connectivity index (χ1n) is 4.99. The van der Waals surface area contributed by atoms with Crippen molar-refractivity contribution in [1.29, 1.82) is 0 Å². The summed E-state index contributed by atoms with van der Waals surface area (Å²) in [7, 11) is 0. The predicted octanol–water partition coefficient (Wildman–Crippen LogP) is 2.68. The summed E-state index contributed by atoms with van der Waals surface area (Å²) in [6, 6.07) is 3.78. The highest BCUT2D eigenvalue weighted by atomic mass is 79.9. The van der Waals surface area contributed by atoms with E-state index in [1.807, 2.05) is 19.1 Å². The lowest BCUT2D eigenvalue weighted by molar-refractivity contribution is -0.117. The minimum absolute atomic E-state index is 0.0317. The molecule has 1 aromatic rings. The summed E-state index contributed by atoms with van der Waals surface area (Å²) in [5.41, 5.74) is 8.33. The van der Waals surface area contributed by atoms with Crippen LogP contribution in [0.4, 0.5) is 11.4 Å². The van der Waals surface area contributed by atoms with E-state index in [9.17, 15) is 4.79 Å². The Balaban J connectivity index is 2.44.